The van der Waals surface area contributed by atoms with Crippen LogP contribution in [0, 0.1) is 0 Å². The first-order valence-corrected chi connectivity index (χ1v) is 10.6. The Labute approximate surface area is 200 Å². The van der Waals surface area contributed by atoms with E-state index in [0.29, 0.717) is 39.1 Å². The lowest BCUT2D eigenvalue weighted by atomic mass is 10.2. The third-order valence-corrected chi connectivity index (χ3v) is 5.08. The van der Waals surface area contributed by atoms with E-state index in [1.165, 1.54) is 17.3 Å². The monoisotopic (exact) mass is 476 g/mol. The maximum Gasteiger partial charge on any atom is 0.255 e. The van der Waals surface area contributed by atoms with Crippen molar-refractivity contribution >= 4 is 40.5 Å². The van der Waals surface area contributed by atoms with Gasteiger partial charge in [-0.25, -0.2) is 9.67 Å². The number of hydrogen-bond acceptors (Lipinski definition) is 6. The van der Waals surface area contributed by atoms with Crippen LogP contribution in [0.4, 0.5) is 17.1 Å². The normalized spacial score (nSPS) is 10.4. The maximum atomic E-state index is 12.5. The number of amides is 2. The Balaban J connectivity index is 1.33. The second kappa shape index (κ2) is 10.5. The van der Waals surface area contributed by atoms with E-state index < -0.39 is 0 Å². The fourth-order valence-electron chi connectivity index (χ4n) is 3.13. The van der Waals surface area contributed by atoms with Gasteiger partial charge in [-0.15, -0.1) is 0 Å². The molecule has 4 rings (SSSR count). The number of methoxy groups -OCH3 is 1. The Morgan fingerprint density at radius 1 is 0.971 bits per heavy atom. The quantitative estimate of drug-likeness (QED) is 0.351. The summed E-state index contributed by atoms with van der Waals surface area (Å²) in [6, 6.07) is 19.0. The number of ether oxygens (including phenoxy) is 1. The van der Waals surface area contributed by atoms with E-state index >= 15 is 0 Å². The molecular formula is C24H21ClN6O3. The number of carbonyl (C=O) groups is 2. The van der Waals surface area contributed by atoms with Gasteiger partial charge in [0.1, 0.15) is 18.4 Å². The third-order valence-electron chi connectivity index (χ3n) is 4.85. The third kappa shape index (κ3) is 5.70. The van der Waals surface area contributed by atoms with Gasteiger partial charge in [-0.3, -0.25) is 9.59 Å². The van der Waals surface area contributed by atoms with Crippen molar-refractivity contribution in [3.05, 3.63) is 90.0 Å². The molecule has 0 unspecified atom stereocenters. The molecule has 0 aliphatic carbocycles. The van der Waals surface area contributed by atoms with E-state index in [0.717, 1.165) is 0 Å². The minimum atomic E-state index is -0.273. The van der Waals surface area contributed by atoms with E-state index in [2.05, 4.69) is 26.0 Å². The van der Waals surface area contributed by atoms with Gasteiger partial charge < -0.3 is 20.7 Å². The summed E-state index contributed by atoms with van der Waals surface area (Å²) < 4.78 is 6.65. The molecule has 3 aromatic carbocycles. The summed E-state index contributed by atoms with van der Waals surface area (Å²) in [5, 5.41) is 13.3. The minimum Gasteiger partial charge on any atom is -0.497 e. The molecule has 10 heteroatoms. The molecule has 172 valence electrons. The average molecular weight is 477 g/mol. The molecule has 0 saturated heterocycles. The molecule has 0 spiro atoms. The van der Waals surface area contributed by atoms with Crippen molar-refractivity contribution in [3.8, 4) is 11.4 Å². The molecule has 0 atom stereocenters. The second-order valence-corrected chi connectivity index (χ2v) is 7.60. The Morgan fingerprint density at radius 2 is 1.71 bits per heavy atom. The van der Waals surface area contributed by atoms with Crippen LogP contribution >= 0.6 is 11.6 Å². The summed E-state index contributed by atoms with van der Waals surface area (Å²) >= 11 is 6.09. The lowest BCUT2D eigenvalue weighted by Gasteiger charge is -2.12. The predicted octanol–water partition coefficient (Wildman–Crippen LogP) is 4.23. The van der Waals surface area contributed by atoms with E-state index in [4.69, 9.17) is 16.3 Å². The summed E-state index contributed by atoms with van der Waals surface area (Å²) in [5.74, 6) is 0.198. The fourth-order valence-corrected chi connectivity index (χ4v) is 3.31. The summed E-state index contributed by atoms with van der Waals surface area (Å²) in [7, 11) is 1.58. The molecule has 34 heavy (non-hydrogen) atoms. The van der Waals surface area contributed by atoms with Gasteiger partial charge in [0.05, 0.1) is 25.0 Å². The highest BCUT2D eigenvalue weighted by molar-refractivity contribution is 6.31. The number of anilines is 3. The van der Waals surface area contributed by atoms with Crippen LogP contribution < -0.4 is 20.7 Å². The summed E-state index contributed by atoms with van der Waals surface area (Å²) in [6.45, 7) is 0.0146. The van der Waals surface area contributed by atoms with Crippen LogP contribution in [0.15, 0.2) is 79.4 Å². The van der Waals surface area contributed by atoms with Crippen LogP contribution in [0.2, 0.25) is 5.02 Å². The van der Waals surface area contributed by atoms with Gasteiger partial charge in [-0.2, -0.15) is 5.10 Å². The lowest BCUT2D eigenvalue weighted by Crippen LogP contribution is -2.22. The topological polar surface area (TPSA) is 110 Å². The molecule has 9 nitrogen and oxygen atoms in total. The highest BCUT2D eigenvalue weighted by Gasteiger charge is 2.11. The van der Waals surface area contributed by atoms with Crippen LogP contribution in [0.3, 0.4) is 0 Å². The van der Waals surface area contributed by atoms with Crippen LogP contribution in [-0.2, 0) is 4.79 Å². The first-order valence-electron chi connectivity index (χ1n) is 10.3. The summed E-state index contributed by atoms with van der Waals surface area (Å²) in [5.41, 5.74) is 3.00. The zero-order valence-electron chi connectivity index (χ0n) is 18.2. The average Bonchev–Trinajstić information content (AvgIpc) is 3.38. The number of nitrogens with one attached hydrogen (secondary N) is 3. The van der Waals surface area contributed by atoms with Gasteiger partial charge in [-0.1, -0.05) is 11.6 Å². The van der Waals surface area contributed by atoms with Crippen molar-refractivity contribution in [2.45, 2.75) is 0 Å². The van der Waals surface area contributed by atoms with E-state index in [9.17, 15) is 9.59 Å². The Bertz CT molecular complexity index is 1280. The van der Waals surface area contributed by atoms with Crippen molar-refractivity contribution in [1.29, 1.82) is 0 Å². The molecule has 1 heterocycles. The maximum absolute atomic E-state index is 12.5. The number of nitrogens with zero attached hydrogens (tertiary/aromatic N) is 3. The summed E-state index contributed by atoms with van der Waals surface area (Å²) in [4.78, 5) is 28.9. The zero-order chi connectivity index (χ0) is 23.9. The highest BCUT2D eigenvalue weighted by atomic mass is 35.5. The predicted molar refractivity (Wildman–Crippen MR) is 131 cm³/mol. The van der Waals surface area contributed by atoms with Crippen molar-refractivity contribution < 1.29 is 14.3 Å². The Hall–Kier alpha value is -4.37. The fraction of sp³-hybridized carbons (Fsp3) is 0.0833. The van der Waals surface area contributed by atoms with Crippen molar-refractivity contribution in [1.82, 2.24) is 14.8 Å². The van der Waals surface area contributed by atoms with Crippen molar-refractivity contribution in [3.63, 3.8) is 0 Å². The van der Waals surface area contributed by atoms with E-state index in [1.54, 1.807) is 73.8 Å². The van der Waals surface area contributed by atoms with Gasteiger partial charge >= 0.3 is 0 Å². The smallest absolute Gasteiger partial charge is 0.255 e. The number of benzene rings is 3. The standard InChI is InChI=1S/C24H21ClN6O3/c1-34-20-9-7-19(8-10-20)29-24(33)16-2-5-18(6-3-16)27-13-23(32)30-21-12-17(25)4-11-22(21)31-15-26-14-28-31/h2-12,14-15,27H,13H2,1H3,(H,29,33)(H,30,32). The Morgan fingerprint density at radius 3 is 2.38 bits per heavy atom. The van der Waals surface area contributed by atoms with Crippen molar-refractivity contribution in [2.75, 3.05) is 29.6 Å². The van der Waals surface area contributed by atoms with E-state index in [1.807, 2.05) is 0 Å². The van der Waals surface area contributed by atoms with Gasteiger partial charge in [-0.05, 0) is 66.7 Å². The SMILES string of the molecule is COc1ccc(NC(=O)c2ccc(NCC(=O)Nc3cc(Cl)ccc3-n3cncn3)cc2)cc1. The van der Waals surface area contributed by atoms with Gasteiger partial charge in [0.25, 0.3) is 5.91 Å². The van der Waals surface area contributed by atoms with Gasteiger partial charge in [0, 0.05) is 22.0 Å². The molecule has 0 bridgehead atoms. The molecule has 2 amide bonds. The zero-order valence-corrected chi connectivity index (χ0v) is 18.9. The molecular weight excluding hydrogens is 456 g/mol. The number of aromatic nitrogens is 3. The number of rotatable bonds is 8. The van der Waals surface area contributed by atoms with Crippen LogP contribution in [0.25, 0.3) is 5.69 Å². The minimum absolute atomic E-state index is 0.0146. The molecule has 0 saturated carbocycles. The van der Waals surface area contributed by atoms with Gasteiger partial charge in [0.15, 0.2) is 0 Å². The molecule has 0 aliphatic rings. The first-order chi connectivity index (χ1) is 16.5. The molecule has 0 radical (unpaired) electrons. The number of halogens is 1. The number of hydrogen-bond donors (Lipinski definition) is 3. The first kappa shape index (κ1) is 22.8. The molecule has 0 fully saturated rings. The lowest BCUT2D eigenvalue weighted by molar-refractivity contribution is -0.114. The molecule has 0 aliphatic heterocycles. The molecule has 4 aromatic rings. The van der Waals surface area contributed by atoms with E-state index in [-0.39, 0.29) is 18.4 Å². The number of carbonyl (C=O) groups excluding carboxylic acids is 2. The molecule has 3 N–H and O–H groups in total. The molecule has 1 aromatic heterocycles. The largest absolute Gasteiger partial charge is 0.497 e. The van der Waals surface area contributed by atoms with Crippen LogP contribution in [0.1, 0.15) is 10.4 Å². The Kier molecular flexibility index (Phi) is 7.04. The second-order valence-electron chi connectivity index (χ2n) is 7.16. The highest BCUT2D eigenvalue weighted by Crippen LogP contribution is 2.24. The van der Waals surface area contributed by atoms with Crippen LogP contribution in [-0.4, -0.2) is 40.2 Å². The summed E-state index contributed by atoms with van der Waals surface area (Å²) in [6.07, 6.45) is 2.94. The van der Waals surface area contributed by atoms with Crippen LogP contribution in [0.5, 0.6) is 5.75 Å². The van der Waals surface area contributed by atoms with Gasteiger partial charge in [0.2, 0.25) is 5.91 Å². The van der Waals surface area contributed by atoms with Crippen molar-refractivity contribution in [2.24, 2.45) is 0 Å².